The molecule has 2 nitrogen and oxygen atoms in total. The highest BCUT2D eigenvalue weighted by atomic mass is 16.7. The molecule has 1 aromatic rings. The minimum Gasteiger partial charge on any atom is -0.399 e. The molecule has 2 aliphatic rings. The van der Waals surface area contributed by atoms with Crippen molar-refractivity contribution in [3.8, 4) is 0 Å². The first kappa shape index (κ1) is 16.1. The van der Waals surface area contributed by atoms with Crippen molar-refractivity contribution < 1.29 is 9.31 Å². The quantitative estimate of drug-likeness (QED) is 0.759. The van der Waals surface area contributed by atoms with E-state index in [1.54, 1.807) is 0 Å². The first-order valence-electron chi connectivity index (χ1n) is 8.58. The van der Waals surface area contributed by atoms with Crippen LogP contribution in [0.1, 0.15) is 72.3 Å². The second kappa shape index (κ2) is 5.11. The van der Waals surface area contributed by atoms with E-state index in [4.69, 9.17) is 9.31 Å². The summed E-state index contributed by atoms with van der Waals surface area (Å²) in [6, 6.07) is 8.92. The van der Waals surface area contributed by atoms with Crippen LogP contribution in [0.2, 0.25) is 0 Å². The van der Waals surface area contributed by atoms with Gasteiger partial charge in [0, 0.05) is 0 Å². The first-order valence-corrected chi connectivity index (χ1v) is 8.58. The fourth-order valence-electron chi connectivity index (χ4n) is 3.81. The molecule has 1 heterocycles. The first-order chi connectivity index (χ1) is 10.1. The summed E-state index contributed by atoms with van der Waals surface area (Å²) in [4.78, 5) is 0. The zero-order valence-electron chi connectivity index (χ0n) is 14.9. The molecule has 1 saturated heterocycles. The average molecular weight is 300 g/mol. The summed E-state index contributed by atoms with van der Waals surface area (Å²) in [7, 11) is -0.254. The highest BCUT2D eigenvalue weighted by Gasteiger charge is 2.51. The summed E-state index contributed by atoms with van der Waals surface area (Å²) in [5.74, 6) is 0.680. The normalized spacial score (nSPS) is 29.0. The lowest BCUT2D eigenvalue weighted by atomic mass is 9.75. The third-order valence-electron chi connectivity index (χ3n) is 6.12. The summed E-state index contributed by atoms with van der Waals surface area (Å²) in [5, 5.41) is 0. The Balaban J connectivity index is 1.79. The van der Waals surface area contributed by atoms with Crippen LogP contribution in [0.15, 0.2) is 24.3 Å². The number of hydrogen-bond donors (Lipinski definition) is 0. The van der Waals surface area contributed by atoms with Gasteiger partial charge in [-0.3, -0.25) is 0 Å². The van der Waals surface area contributed by atoms with E-state index in [1.165, 1.54) is 24.8 Å². The summed E-state index contributed by atoms with van der Waals surface area (Å²) in [6.07, 6.45) is 3.98. The van der Waals surface area contributed by atoms with Crippen molar-refractivity contribution in [3.05, 3.63) is 29.8 Å². The molecule has 1 saturated carbocycles. The van der Waals surface area contributed by atoms with Crippen molar-refractivity contribution in [2.45, 2.75) is 77.9 Å². The number of rotatable bonds is 2. The monoisotopic (exact) mass is 300 g/mol. The van der Waals surface area contributed by atoms with Gasteiger partial charge in [-0.2, -0.15) is 0 Å². The molecule has 0 spiro atoms. The molecule has 1 atom stereocenters. The van der Waals surface area contributed by atoms with Crippen molar-refractivity contribution >= 4 is 12.6 Å². The van der Waals surface area contributed by atoms with E-state index >= 15 is 0 Å². The van der Waals surface area contributed by atoms with Gasteiger partial charge in [-0.1, -0.05) is 44.5 Å². The Kier molecular flexibility index (Phi) is 3.73. The molecule has 3 rings (SSSR count). The second-order valence-electron chi connectivity index (χ2n) is 8.69. The van der Waals surface area contributed by atoms with E-state index in [-0.39, 0.29) is 18.3 Å². The van der Waals surface area contributed by atoms with Gasteiger partial charge in [0.05, 0.1) is 11.2 Å². The lowest BCUT2D eigenvalue weighted by Gasteiger charge is -2.32. The van der Waals surface area contributed by atoms with Crippen LogP contribution in [-0.2, 0) is 9.31 Å². The summed E-state index contributed by atoms with van der Waals surface area (Å²) in [6.45, 7) is 13.2. The van der Waals surface area contributed by atoms with Gasteiger partial charge in [0.25, 0.3) is 0 Å². The van der Waals surface area contributed by atoms with Crippen molar-refractivity contribution in [1.29, 1.82) is 0 Å². The molecule has 120 valence electrons. The van der Waals surface area contributed by atoms with Gasteiger partial charge >= 0.3 is 7.12 Å². The molecule has 1 unspecified atom stereocenters. The zero-order chi connectivity index (χ0) is 16.2. The molecular formula is C19H29BO2. The summed E-state index contributed by atoms with van der Waals surface area (Å²) < 4.78 is 12.3. The molecule has 0 bridgehead atoms. The highest BCUT2D eigenvalue weighted by Crippen LogP contribution is 2.48. The van der Waals surface area contributed by atoms with Crippen LogP contribution in [0.5, 0.6) is 0 Å². The van der Waals surface area contributed by atoms with Crippen LogP contribution in [-0.4, -0.2) is 18.3 Å². The fraction of sp³-hybridized carbons (Fsp3) is 0.684. The molecule has 2 fully saturated rings. The SMILES string of the molecule is CC1(C)CCCC1c1ccc(B2OC(C)(C)C(C)(C)O2)cc1. The summed E-state index contributed by atoms with van der Waals surface area (Å²) >= 11 is 0. The van der Waals surface area contributed by atoms with Gasteiger partial charge < -0.3 is 9.31 Å². The zero-order valence-corrected chi connectivity index (χ0v) is 14.9. The van der Waals surface area contributed by atoms with Crippen molar-refractivity contribution in [3.63, 3.8) is 0 Å². The van der Waals surface area contributed by atoms with Crippen molar-refractivity contribution in [1.82, 2.24) is 0 Å². The Morgan fingerprint density at radius 2 is 1.45 bits per heavy atom. The van der Waals surface area contributed by atoms with Crippen molar-refractivity contribution in [2.24, 2.45) is 5.41 Å². The Bertz CT molecular complexity index is 529. The van der Waals surface area contributed by atoms with Crippen LogP contribution in [0.4, 0.5) is 0 Å². The van der Waals surface area contributed by atoms with Crippen LogP contribution >= 0.6 is 0 Å². The molecule has 1 aliphatic heterocycles. The Morgan fingerprint density at radius 3 is 1.91 bits per heavy atom. The molecule has 22 heavy (non-hydrogen) atoms. The molecular weight excluding hydrogens is 271 g/mol. The van der Waals surface area contributed by atoms with E-state index in [9.17, 15) is 0 Å². The van der Waals surface area contributed by atoms with E-state index in [1.807, 2.05) is 0 Å². The minimum atomic E-state index is -0.274. The predicted molar refractivity (Wildman–Crippen MR) is 92.5 cm³/mol. The Morgan fingerprint density at radius 1 is 0.909 bits per heavy atom. The highest BCUT2D eigenvalue weighted by molar-refractivity contribution is 6.62. The van der Waals surface area contributed by atoms with E-state index < -0.39 is 0 Å². The predicted octanol–water partition coefficient (Wildman–Crippen LogP) is 4.28. The van der Waals surface area contributed by atoms with E-state index in [0.717, 1.165) is 5.46 Å². The largest absolute Gasteiger partial charge is 0.494 e. The van der Waals surface area contributed by atoms with Crippen LogP contribution < -0.4 is 5.46 Å². The topological polar surface area (TPSA) is 18.5 Å². The average Bonchev–Trinajstić information content (AvgIpc) is 2.86. The van der Waals surface area contributed by atoms with Crippen LogP contribution in [0.3, 0.4) is 0 Å². The third kappa shape index (κ3) is 2.63. The lowest BCUT2D eigenvalue weighted by Crippen LogP contribution is -2.41. The molecule has 0 N–H and O–H groups in total. The summed E-state index contributed by atoms with van der Waals surface area (Å²) in [5.41, 5.74) is 2.46. The maximum Gasteiger partial charge on any atom is 0.494 e. The van der Waals surface area contributed by atoms with Gasteiger partial charge in [0.1, 0.15) is 0 Å². The van der Waals surface area contributed by atoms with Crippen LogP contribution in [0, 0.1) is 5.41 Å². The Labute approximate surface area is 135 Å². The van der Waals surface area contributed by atoms with Gasteiger partial charge in [-0.25, -0.2) is 0 Å². The third-order valence-corrected chi connectivity index (χ3v) is 6.12. The second-order valence-corrected chi connectivity index (χ2v) is 8.69. The van der Waals surface area contributed by atoms with Crippen molar-refractivity contribution in [2.75, 3.05) is 0 Å². The van der Waals surface area contributed by atoms with Crippen LogP contribution in [0.25, 0.3) is 0 Å². The minimum absolute atomic E-state index is 0.254. The standard InChI is InChI=1S/C19H29BO2/c1-17(2)13-7-8-16(17)14-9-11-15(12-10-14)20-21-18(3,4)19(5,6)22-20/h9-12,16H,7-8,13H2,1-6H3. The maximum atomic E-state index is 6.13. The van der Waals surface area contributed by atoms with Gasteiger partial charge in [0.15, 0.2) is 0 Å². The lowest BCUT2D eigenvalue weighted by molar-refractivity contribution is 0.00578. The number of hydrogen-bond acceptors (Lipinski definition) is 2. The maximum absolute atomic E-state index is 6.13. The molecule has 0 amide bonds. The molecule has 1 aliphatic carbocycles. The number of benzene rings is 1. The van der Waals surface area contributed by atoms with Gasteiger partial charge in [-0.15, -0.1) is 0 Å². The van der Waals surface area contributed by atoms with Gasteiger partial charge in [0.2, 0.25) is 0 Å². The Hall–Kier alpha value is -0.795. The molecule has 0 radical (unpaired) electrons. The molecule has 3 heteroatoms. The fourth-order valence-corrected chi connectivity index (χ4v) is 3.81. The van der Waals surface area contributed by atoms with E-state index in [2.05, 4.69) is 65.8 Å². The van der Waals surface area contributed by atoms with E-state index in [0.29, 0.717) is 11.3 Å². The molecule has 0 aromatic heterocycles. The van der Waals surface area contributed by atoms with Gasteiger partial charge in [-0.05, 0) is 62.9 Å². The molecule has 1 aromatic carbocycles. The smallest absolute Gasteiger partial charge is 0.399 e.